The molecule has 2 aromatic carbocycles. The fourth-order valence-corrected chi connectivity index (χ4v) is 2.13. The SMILES string of the molecule is CCOc1ccc(CNCc2ccccc2)cc1Cl. The van der Waals surface area contributed by atoms with Gasteiger partial charge in [-0.2, -0.15) is 0 Å². The van der Waals surface area contributed by atoms with E-state index in [1.54, 1.807) is 0 Å². The molecule has 19 heavy (non-hydrogen) atoms. The molecule has 2 nitrogen and oxygen atoms in total. The second-order valence-electron chi connectivity index (χ2n) is 4.29. The topological polar surface area (TPSA) is 21.3 Å². The Morgan fingerprint density at radius 3 is 2.42 bits per heavy atom. The van der Waals surface area contributed by atoms with Crippen LogP contribution in [-0.2, 0) is 13.1 Å². The molecule has 0 spiro atoms. The Labute approximate surface area is 119 Å². The van der Waals surface area contributed by atoms with Crippen molar-refractivity contribution in [2.24, 2.45) is 0 Å². The normalized spacial score (nSPS) is 10.4. The lowest BCUT2D eigenvalue weighted by molar-refractivity contribution is 0.340. The van der Waals surface area contributed by atoms with E-state index in [2.05, 4.69) is 17.4 Å². The molecular weight excluding hydrogens is 258 g/mol. The molecule has 0 radical (unpaired) electrons. The predicted octanol–water partition coefficient (Wildman–Crippen LogP) is 4.03. The smallest absolute Gasteiger partial charge is 0.137 e. The molecule has 0 unspecified atom stereocenters. The highest BCUT2D eigenvalue weighted by Gasteiger charge is 2.02. The van der Waals surface area contributed by atoms with Crippen molar-refractivity contribution in [1.29, 1.82) is 0 Å². The molecule has 100 valence electrons. The fraction of sp³-hybridized carbons (Fsp3) is 0.250. The molecular formula is C16H18ClNO. The van der Waals surface area contributed by atoms with Gasteiger partial charge >= 0.3 is 0 Å². The van der Waals surface area contributed by atoms with E-state index < -0.39 is 0 Å². The molecule has 0 bridgehead atoms. The highest BCUT2D eigenvalue weighted by Crippen LogP contribution is 2.25. The summed E-state index contributed by atoms with van der Waals surface area (Å²) < 4.78 is 5.41. The van der Waals surface area contributed by atoms with Crippen LogP contribution >= 0.6 is 11.6 Å². The largest absolute Gasteiger partial charge is 0.492 e. The van der Waals surface area contributed by atoms with Gasteiger partial charge in [-0.15, -0.1) is 0 Å². The lowest BCUT2D eigenvalue weighted by Crippen LogP contribution is -2.12. The Hall–Kier alpha value is -1.51. The molecule has 0 saturated heterocycles. The fourth-order valence-electron chi connectivity index (χ4n) is 1.87. The second-order valence-corrected chi connectivity index (χ2v) is 4.69. The zero-order chi connectivity index (χ0) is 13.5. The lowest BCUT2D eigenvalue weighted by atomic mass is 10.2. The third-order valence-electron chi connectivity index (χ3n) is 2.80. The van der Waals surface area contributed by atoms with Gasteiger partial charge in [-0.1, -0.05) is 48.0 Å². The Morgan fingerprint density at radius 2 is 1.74 bits per heavy atom. The molecule has 0 aromatic heterocycles. The number of hydrogen-bond donors (Lipinski definition) is 1. The van der Waals surface area contributed by atoms with E-state index in [0.29, 0.717) is 11.6 Å². The molecule has 2 aromatic rings. The van der Waals surface area contributed by atoms with Crippen molar-refractivity contribution in [3.63, 3.8) is 0 Å². The molecule has 3 heteroatoms. The number of rotatable bonds is 6. The average molecular weight is 276 g/mol. The van der Waals surface area contributed by atoms with Gasteiger partial charge in [-0.05, 0) is 30.2 Å². The Morgan fingerprint density at radius 1 is 1.00 bits per heavy atom. The van der Waals surface area contributed by atoms with Gasteiger partial charge < -0.3 is 10.1 Å². The van der Waals surface area contributed by atoms with Gasteiger partial charge in [0.2, 0.25) is 0 Å². The maximum absolute atomic E-state index is 6.15. The molecule has 2 rings (SSSR count). The van der Waals surface area contributed by atoms with E-state index in [1.165, 1.54) is 5.56 Å². The Kier molecular flexibility index (Phi) is 5.25. The van der Waals surface area contributed by atoms with E-state index in [1.807, 2.05) is 43.3 Å². The van der Waals surface area contributed by atoms with Gasteiger partial charge in [0.15, 0.2) is 0 Å². The summed E-state index contributed by atoms with van der Waals surface area (Å²) in [5.41, 5.74) is 2.43. The quantitative estimate of drug-likeness (QED) is 0.859. The number of benzene rings is 2. The number of nitrogens with one attached hydrogen (secondary N) is 1. The van der Waals surface area contributed by atoms with Gasteiger partial charge in [0, 0.05) is 13.1 Å². The molecule has 0 atom stereocenters. The average Bonchev–Trinajstić information content (AvgIpc) is 2.43. The van der Waals surface area contributed by atoms with Gasteiger partial charge in [0.25, 0.3) is 0 Å². The van der Waals surface area contributed by atoms with Crippen molar-refractivity contribution in [3.05, 3.63) is 64.7 Å². The molecule has 0 saturated carbocycles. The molecule has 0 amide bonds. The molecule has 0 heterocycles. The molecule has 0 fully saturated rings. The van der Waals surface area contributed by atoms with Crippen LogP contribution in [0.1, 0.15) is 18.1 Å². The van der Waals surface area contributed by atoms with Crippen LogP contribution in [0, 0.1) is 0 Å². The first-order valence-electron chi connectivity index (χ1n) is 6.45. The van der Waals surface area contributed by atoms with E-state index in [-0.39, 0.29) is 0 Å². The first-order chi connectivity index (χ1) is 9.29. The third kappa shape index (κ3) is 4.27. The van der Waals surface area contributed by atoms with Crippen molar-refractivity contribution in [2.45, 2.75) is 20.0 Å². The molecule has 0 aliphatic heterocycles. The lowest BCUT2D eigenvalue weighted by Gasteiger charge is -2.09. The van der Waals surface area contributed by atoms with Crippen LogP contribution in [0.15, 0.2) is 48.5 Å². The number of ether oxygens (including phenoxy) is 1. The summed E-state index contributed by atoms with van der Waals surface area (Å²) in [6.45, 7) is 4.23. The maximum atomic E-state index is 6.15. The zero-order valence-electron chi connectivity index (χ0n) is 11.0. The van der Waals surface area contributed by atoms with Crippen LogP contribution in [0.25, 0.3) is 0 Å². The predicted molar refractivity (Wildman–Crippen MR) is 79.6 cm³/mol. The van der Waals surface area contributed by atoms with Crippen LogP contribution in [0.5, 0.6) is 5.75 Å². The Bertz CT molecular complexity index is 513. The Balaban J connectivity index is 1.88. The van der Waals surface area contributed by atoms with Crippen LogP contribution in [0.4, 0.5) is 0 Å². The van der Waals surface area contributed by atoms with Crippen molar-refractivity contribution < 1.29 is 4.74 Å². The summed E-state index contributed by atoms with van der Waals surface area (Å²) in [6, 6.07) is 16.2. The minimum absolute atomic E-state index is 0.630. The minimum Gasteiger partial charge on any atom is -0.492 e. The van der Waals surface area contributed by atoms with Gasteiger partial charge in [-0.3, -0.25) is 0 Å². The summed E-state index contributed by atoms with van der Waals surface area (Å²) in [6.07, 6.45) is 0. The zero-order valence-corrected chi connectivity index (χ0v) is 11.8. The second kappa shape index (κ2) is 7.17. The first kappa shape index (κ1) is 13.9. The van der Waals surface area contributed by atoms with E-state index in [0.717, 1.165) is 24.4 Å². The van der Waals surface area contributed by atoms with Gasteiger partial charge in [0.1, 0.15) is 5.75 Å². The van der Waals surface area contributed by atoms with Crippen LogP contribution in [-0.4, -0.2) is 6.61 Å². The van der Waals surface area contributed by atoms with Crippen LogP contribution in [0.3, 0.4) is 0 Å². The monoisotopic (exact) mass is 275 g/mol. The summed E-state index contributed by atoms with van der Waals surface area (Å²) >= 11 is 6.15. The van der Waals surface area contributed by atoms with E-state index in [4.69, 9.17) is 16.3 Å². The highest BCUT2D eigenvalue weighted by atomic mass is 35.5. The van der Waals surface area contributed by atoms with Crippen molar-refractivity contribution in [2.75, 3.05) is 6.61 Å². The third-order valence-corrected chi connectivity index (χ3v) is 3.09. The highest BCUT2D eigenvalue weighted by molar-refractivity contribution is 6.32. The molecule has 0 aliphatic carbocycles. The number of halogens is 1. The van der Waals surface area contributed by atoms with E-state index >= 15 is 0 Å². The standard InChI is InChI=1S/C16H18ClNO/c1-2-19-16-9-8-14(10-15(16)17)12-18-11-13-6-4-3-5-7-13/h3-10,18H,2,11-12H2,1H3. The maximum Gasteiger partial charge on any atom is 0.137 e. The summed E-state index contributed by atoms with van der Waals surface area (Å²) in [5.74, 6) is 0.746. The minimum atomic E-state index is 0.630. The van der Waals surface area contributed by atoms with Crippen LogP contribution < -0.4 is 10.1 Å². The van der Waals surface area contributed by atoms with Crippen molar-refractivity contribution in [3.8, 4) is 5.75 Å². The van der Waals surface area contributed by atoms with Gasteiger partial charge in [-0.25, -0.2) is 0 Å². The summed E-state index contributed by atoms with van der Waals surface area (Å²) in [4.78, 5) is 0. The number of hydrogen-bond acceptors (Lipinski definition) is 2. The molecule has 1 N–H and O–H groups in total. The molecule has 0 aliphatic rings. The van der Waals surface area contributed by atoms with Gasteiger partial charge in [0.05, 0.1) is 11.6 Å². The van der Waals surface area contributed by atoms with Crippen LogP contribution in [0.2, 0.25) is 5.02 Å². The van der Waals surface area contributed by atoms with Crippen molar-refractivity contribution in [1.82, 2.24) is 5.32 Å². The first-order valence-corrected chi connectivity index (χ1v) is 6.83. The summed E-state index contributed by atoms with van der Waals surface area (Å²) in [7, 11) is 0. The summed E-state index contributed by atoms with van der Waals surface area (Å²) in [5, 5.41) is 4.06. The van der Waals surface area contributed by atoms with Crippen molar-refractivity contribution >= 4 is 11.6 Å². The van der Waals surface area contributed by atoms with E-state index in [9.17, 15) is 0 Å².